The topological polar surface area (TPSA) is 129 Å². The van der Waals surface area contributed by atoms with Gasteiger partial charge >= 0.3 is 11.9 Å². The molecule has 0 amide bonds. The molecule has 0 aromatic heterocycles. The number of unbranched alkanes of at least 4 members (excludes halogenated alkanes) is 1. The summed E-state index contributed by atoms with van der Waals surface area (Å²) in [4.78, 5) is 40.8. The van der Waals surface area contributed by atoms with Crippen LogP contribution in [0.4, 0.5) is 5.69 Å². The highest BCUT2D eigenvalue weighted by Crippen LogP contribution is 2.42. The van der Waals surface area contributed by atoms with E-state index >= 15 is 0 Å². The number of hydrogen-bond acceptors (Lipinski definition) is 10. The number of ether oxygens (including phenoxy) is 4. The van der Waals surface area contributed by atoms with Crippen LogP contribution >= 0.6 is 0 Å². The number of esters is 2. The summed E-state index contributed by atoms with van der Waals surface area (Å²) < 4.78 is 22.7. The first-order chi connectivity index (χ1) is 25.7. The van der Waals surface area contributed by atoms with Gasteiger partial charge in [0.05, 0.1) is 41.8 Å². The van der Waals surface area contributed by atoms with E-state index in [9.17, 15) is 19.7 Å². The molecule has 0 spiro atoms. The number of non-ortho nitro benzene ring substituents is 1. The quantitative estimate of drug-likeness (QED) is 0.0645. The van der Waals surface area contributed by atoms with Gasteiger partial charge in [-0.2, -0.15) is 0 Å². The SMILES string of the molecule is CCCCOCCOC(=O)C1=C(C)NC(C)=C(C(=O)OCCOCCN2CCC(c3ccccc3)(c3ccccc3)CC2)C1c1cccc([N+](=O)[O-])c1. The molecule has 1 unspecified atom stereocenters. The molecule has 2 aliphatic rings. The normalized spacial score (nSPS) is 17.3. The highest BCUT2D eigenvalue weighted by Gasteiger charge is 2.39. The summed E-state index contributed by atoms with van der Waals surface area (Å²) in [6.07, 6.45) is 3.90. The summed E-state index contributed by atoms with van der Waals surface area (Å²) in [7, 11) is 0. The van der Waals surface area contributed by atoms with Crippen molar-refractivity contribution in [2.75, 3.05) is 59.3 Å². The number of nitrogens with zero attached hydrogens (tertiary/aromatic N) is 2. The van der Waals surface area contributed by atoms with Crippen molar-refractivity contribution in [2.24, 2.45) is 0 Å². The number of nitro benzene ring substituents is 1. The summed E-state index contributed by atoms with van der Waals surface area (Å²) >= 11 is 0. The molecule has 1 atom stereocenters. The molecule has 11 heteroatoms. The van der Waals surface area contributed by atoms with Crippen LogP contribution in [0, 0.1) is 10.1 Å². The molecular weight excluding hydrogens is 674 g/mol. The van der Waals surface area contributed by atoms with E-state index in [1.165, 1.54) is 29.3 Å². The minimum atomic E-state index is -0.948. The molecule has 2 aliphatic heterocycles. The molecule has 0 aliphatic carbocycles. The Labute approximate surface area is 312 Å². The lowest BCUT2D eigenvalue weighted by atomic mass is 9.68. The highest BCUT2D eigenvalue weighted by molar-refractivity contribution is 6.00. The van der Waals surface area contributed by atoms with Crippen LogP contribution in [0.5, 0.6) is 0 Å². The van der Waals surface area contributed by atoms with Crippen molar-refractivity contribution in [1.29, 1.82) is 0 Å². The van der Waals surface area contributed by atoms with E-state index in [2.05, 4.69) is 77.8 Å². The summed E-state index contributed by atoms with van der Waals surface area (Å²) in [5.74, 6) is -2.24. The molecule has 282 valence electrons. The maximum Gasteiger partial charge on any atom is 0.336 e. The van der Waals surface area contributed by atoms with Gasteiger partial charge in [-0.05, 0) is 62.9 Å². The number of allylic oxidation sites excluding steroid dienone is 2. The highest BCUT2D eigenvalue weighted by atomic mass is 16.6. The predicted octanol–water partition coefficient (Wildman–Crippen LogP) is 6.83. The van der Waals surface area contributed by atoms with Crippen LogP contribution < -0.4 is 5.32 Å². The number of likely N-dealkylation sites (tertiary alicyclic amines) is 1. The van der Waals surface area contributed by atoms with Gasteiger partial charge in [0.25, 0.3) is 5.69 Å². The zero-order chi connectivity index (χ0) is 37.6. The lowest BCUT2D eigenvalue weighted by molar-refractivity contribution is -0.384. The molecule has 53 heavy (non-hydrogen) atoms. The molecule has 3 aromatic carbocycles. The Morgan fingerprint density at radius 2 is 1.32 bits per heavy atom. The lowest BCUT2D eigenvalue weighted by Crippen LogP contribution is -2.44. The van der Waals surface area contributed by atoms with E-state index in [1.807, 2.05) is 0 Å². The van der Waals surface area contributed by atoms with Gasteiger partial charge in [-0.1, -0.05) is 86.1 Å². The van der Waals surface area contributed by atoms with E-state index in [0.29, 0.717) is 30.2 Å². The number of carbonyl (C=O) groups is 2. The summed E-state index contributed by atoms with van der Waals surface area (Å²) in [6.45, 7) is 9.63. The van der Waals surface area contributed by atoms with Crippen molar-refractivity contribution in [3.05, 3.63) is 134 Å². The van der Waals surface area contributed by atoms with Crippen LogP contribution in [0.3, 0.4) is 0 Å². The summed E-state index contributed by atoms with van der Waals surface area (Å²) in [5.41, 5.74) is 4.23. The fourth-order valence-electron chi connectivity index (χ4n) is 7.29. The van der Waals surface area contributed by atoms with Crippen LogP contribution in [0.15, 0.2) is 107 Å². The Bertz CT molecular complexity index is 1710. The molecule has 1 fully saturated rings. The van der Waals surface area contributed by atoms with Crippen molar-refractivity contribution in [3.8, 4) is 0 Å². The third-order valence-electron chi connectivity index (χ3n) is 10.1. The largest absolute Gasteiger partial charge is 0.460 e. The van der Waals surface area contributed by atoms with Gasteiger partial charge in [0.15, 0.2) is 0 Å². The first-order valence-electron chi connectivity index (χ1n) is 18.5. The van der Waals surface area contributed by atoms with Crippen molar-refractivity contribution in [2.45, 2.75) is 57.8 Å². The average molecular weight is 726 g/mol. The number of carbonyl (C=O) groups excluding carboxylic acids is 2. The van der Waals surface area contributed by atoms with Crippen molar-refractivity contribution >= 4 is 17.6 Å². The molecule has 5 rings (SSSR count). The van der Waals surface area contributed by atoms with Gasteiger partial charge in [-0.25, -0.2) is 9.59 Å². The monoisotopic (exact) mass is 725 g/mol. The van der Waals surface area contributed by atoms with Crippen LogP contribution in [0.1, 0.15) is 69.1 Å². The summed E-state index contributed by atoms with van der Waals surface area (Å²) in [6, 6.07) is 27.4. The Morgan fingerprint density at radius 1 is 0.774 bits per heavy atom. The fraction of sp³-hybridized carbons (Fsp3) is 0.429. The second kappa shape index (κ2) is 19.3. The summed E-state index contributed by atoms with van der Waals surface area (Å²) in [5, 5.41) is 14.8. The van der Waals surface area contributed by atoms with Crippen molar-refractivity contribution in [1.82, 2.24) is 10.2 Å². The molecule has 11 nitrogen and oxygen atoms in total. The number of piperidine rings is 1. The predicted molar refractivity (Wildman–Crippen MR) is 202 cm³/mol. The van der Waals surface area contributed by atoms with Gasteiger partial charge in [-0.3, -0.25) is 10.1 Å². The van der Waals surface area contributed by atoms with Crippen LogP contribution in [0.25, 0.3) is 0 Å². The van der Waals surface area contributed by atoms with E-state index in [0.717, 1.165) is 45.3 Å². The molecular formula is C42H51N3O8. The van der Waals surface area contributed by atoms with Gasteiger partial charge < -0.3 is 29.2 Å². The van der Waals surface area contributed by atoms with Gasteiger partial charge in [0, 0.05) is 42.1 Å². The van der Waals surface area contributed by atoms with Crippen molar-refractivity contribution in [3.63, 3.8) is 0 Å². The van der Waals surface area contributed by atoms with E-state index < -0.39 is 22.8 Å². The maximum absolute atomic E-state index is 13.7. The molecule has 3 aromatic rings. The Kier molecular flexibility index (Phi) is 14.3. The third kappa shape index (κ3) is 9.98. The zero-order valence-corrected chi connectivity index (χ0v) is 31.0. The number of rotatable bonds is 18. The molecule has 1 saturated heterocycles. The molecule has 0 saturated carbocycles. The van der Waals surface area contributed by atoms with Gasteiger partial charge in [-0.15, -0.1) is 0 Å². The Hall–Kier alpha value is -4.84. The first kappa shape index (κ1) is 39.4. The Balaban J connectivity index is 1.17. The van der Waals surface area contributed by atoms with Gasteiger partial charge in [0.2, 0.25) is 0 Å². The number of nitrogens with one attached hydrogen (secondary N) is 1. The zero-order valence-electron chi connectivity index (χ0n) is 31.0. The smallest absolute Gasteiger partial charge is 0.336 e. The van der Waals surface area contributed by atoms with E-state index in [-0.39, 0.29) is 48.7 Å². The molecule has 2 heterocycles. The van der Waals surface area contributed by atoms with Crippen molar-refractivity contribution < 1.29 is 33.5 Å². The van der Waals surface area contributed by atoms with E-state index in [1.54, 1.807) is 19.9 Å². The molecule has 0 bridgehead atoms. The number of hydrogen-bond donors (Lipinski definition) is 1. The van der Waals surface area contributed by atoms with Crippen LogP contribution in [0.2, 0.25) is 0 Å². The van der Waals surface area contributed by atoms with Crippen LogP contribution in [-0.4, -0.2) is 81.0 Å². The molecule has 0 radical (unpaired) electrons. The maximum atomic E-state index is 13.7. The molecule has 1 N–H and O–H groups in total. The average Bonchev–Trinajstić information content (AvgIpc) is 3.18. The lowest BCUT2D eigenvalue weighted by Gasteiger charge is -2.43. The standard InChI is InChI=1S/C42H51N3O8/c1-4-5-24-50-26-28-52-40(46)37-31(2)43-32(3)38(39(37)33-13-12-18-36(30-33)45(48)49)41(47)53-29-27-51-25-23-44-21-19-42(20-22-44,34-14-8-6-9-15-34)35-16-10-7-11-17-35/h6-18,30,39,43H,4-5,19-29H2,1-3H3. The number of benzene rings is 3. The first-order valence-corrected chi connectivity index (χ1v) is 18.5. The fourth-order valence-corrected chi connectivity index (χ4v) is 7.29. The second-order valence-corrected chi connectivity index (χ2v) is 13.5. The third-order valence-corrected chi connectivity index (χ3v) is 10.1. The number of dihydropyridines is 1. The second-order valence-electron chi connectivity index (χ2n) is 13.5. The van der Waals surface area contributed by atoms with Crippen LogP contribution in [-0.2, 0) is 34.0 Å². The van der Waals surface area contributed by atoms with E-state index in [4.69, 9.17) is 18.9 Å². The van der Waals surface area contributed by atoms with Gasteiger partial charge in [0.1, 0.15) is 13.2 Å². The Morgan fingerprint density at radius 3 is 1.85 bits per heavy atom. The number of nitro groups is 1. The minimum absolute atomic E-state index is 0.0000285. The minimum Gasteiger partial charge on any atom is -0.460 e.